The van der Waals surface area contributed by atoms with Gasteiger partial charge in [0.2, 0.25) is 0 Å². The Balaban J connectivity index is 1.66. The van der Waals surface area contributed by atoms with Crippen molar-refractivity contribution in [3.63, 3.8) is 0 Å². The number of benzene rings is 1. The molecule has 0 aliphatic carbocycles. The maximum absolute atomic E-state index is 5.19. The van der Waals surface area contributed by atoms with Gasteiger partial charge in [-0.25, -0.2) is 9.97 Å². The minimum atomic E-state index is 0.542. The molecule has 0 bridgehead atoms. The Kier molecular flexibility index (Phi) is 5.20. The van der Waals surface area contributed by atoms with Crippen LogP contribution in [0, 0.1) is 6.92 Å². The van der Waals surface area contributed by atoms with Gasteiger partial charge in [-0.2, -0.15) is 0 Å². The first-order valence-electron chi connectivity index (χ1n) is 8.35. The van der Waals surface area contributed by atoms with Gasteiger partial charge in [-0.1, -0.05) is 18.2 Å². The van der Waals surface area contributed by atoms with Crippen LogP contribution < -0.4 is 0 Å². The summed E-state index contributed by atoms with van der Waals surface area (Å²) >= 11 is 0. The monoisotopic (exact) mass is 314 g/mol. The number of rotatable bonds is 5. The fourth-order valence-electron chi connectivity index (χ4n) is 3.32. The highest BCUT2D eigenvalue weighted by atomic mass is 16.5. The third kappa shape index (κ3) is 3.86. The molecule has 0 saturated carbocycles. The maximum atomic E-state index is 5.19. The summed E-state index contributed by atoms with van der Waals surface area (Å²) in [4.78, 5) is 14.4. The van der Waals surface area contributed by atoms with Crippen molar-refractivity contribution in [2.24, 2.45) is 0 Å². The summed E-state index contributed by atoms with van der Waals surface area (Å²) in [6.45, 7) is 10.2. The Morgan fingerprint density at radius 3 is 2.83 bits per heavy atom. The van der Waals surface area contributed by atoms with E-state index in [1.165, 1.54) is 0 Å². The Morgan fingerprint density at radius 1 is 1.22 bits per heavy atom. The van der Waals surface area contributed by atoms with Crippen LogP contribution in [-0.4, -0.2) is 65.7 Å². The predicted octanol–water partition coefficient (Wildman–Crippen LogP) is 2.09. The summed E-state index contributed by atoms with van der Waals surface area (Å²) in [5.74, 6) is 0.929. The topological polar surface area (TPSA) is 41.5 Å². The lowest BCUT2D eigenvalue weighted by Gasteiger charge is -2.39. The molecule has 23 heavy (non-hydrogen) atoms. The summed E-state index contributed by atoms with van der Waals surface area (Å²) in [6, 6.07) is 8.78. The number of para-hydroxylation sites is 1. The van der Waals surface area contributed by atoms with Crippen molar-refractivity contribution in [3.8, 4) is 0 Å². The number of methoxy groups -OCH3 is 1. The van der Waals surface area contributed by atoms with Crippen LogP contribution in [0.15, 0.2) is 24.3 Å². The van der Waals surface area contributed by atoms with E-state index in [4.69, 9.17) is 14.7 Å². The van der Waals surface area contributed by atoms with Crippen LogP contribution in [0.4, 0.5) is 0 Å². The third-order valence-electron chi connectivity index (χ3n) is 4.64. The van der Waals surface area contributed by atoms with E-state index in [0.29, 0.717) is 6.04 Å². The molecule has 0 radical (unpaired) electrons. The zero-order chi connectivity index (χ0) is 16.2. The van der Waals surface area contributed by atoms with Gasteiger partial charge < -0.3 is 4.74 Å². The number of hydrogen-bond acceptors (Lipinski definition) is 5. The standard InChI is InChI=1S/C18H26N4O/c1-14-12-21(8-9-22(14)10-11-23-3)13-18-19-15(2)16-6-4-5-7-17(16)20-18/h4-7,14H,8-13H2,1-3H3/t14-/m0/s1. The molecule has 5 heteroatoms. The van der Waals surface area contributed by atoms with Crippen LogP contribution in [0.5, 0.6) is 0 Å². The molecule has 1 aromatic heterocycles. The van der Waals surface area contributed by atoms with Gasteiger partial charge in [-0.05, 0) is 19.9 Å². The molecular weight excluding hydrogens is 288 g/mol. The molecule has 0 amide bonds. The lowest BCUT2D eigenvalue weighted by Crippen LogP contribution is -2.52. The number of aromatic nitrogens is 2. The van der Waals surface area contributed by atoms with Gasteiger partial charge in [0, 0.05) is 50.4 Å². The Morgan fingerprint density at radius 2 is 2.04 bits per heavy atom. The molecule has 1 aliphatic heterocycles. The van der Waals surface area contributed by atoms with E-state index in [0.717, 1.165) is 61.8 Å². The van der Waals surface area contributed by atoms with Crippen LogP contribution in [0.1, 0.15) is 18.4 Å². The highest BCUT2D eigenvalue weighted by molar-refractivity contribution is 5.80. The predicted molar refractivity (Wildman–Crippen MR) is 92.5 cm³/mol. The molecule has 1 aliphatic rings. The van der Waals surface area contributed by atoms with E-state index in [2.05, 4.69) is 35.8 Å². The van der Waals surface area contributed by atoms with E-state index >= 15 is 0 Å². The number of aryl methyl sites for hydroxylation is 1. The normalized spacial score (nSPS) is 20.2. The van der Waals surface area contributed by atoms with Crippen LogP contribution in [-0.2, 0) is 11.3 Å². The van der Waals surface area contributed by atoms with Gasteiger partial charge in [-0.15, -0.1) is 0 Å². The summed E-state index contributed by atoms with van der Waals surface area (Å²) in [5.41, 5.74) is 2.11. The smallest absolute Gasteiger partial charge is 0.143 e. The van der Waals surface area contributed by atoms with Crippen molar-refractivity contribution in [3.05, 3.63) is 35.8 Å². The molecule has 2 aromatic rings. The van der Waals surface area contributed by atoms with E-state index < -0.39 is 0 Å². The first kappa shape index (κ1) is 16.3. The van der Waals surface area contributed by atoms with Gasteiger partial charge in [0.25, 0.3) is 0 Å². The fourth-order valence-corrected chi connectivity index (χ4v) is 3.32. The van der Waals surface area contributed by atoms with Crippen molar-refractivity contribution in [1.82, 2.24) is 19.8 Å². The number of hydrogen-bond donors (Lipinski definition) is 0. The second-order valence-electron chi connectivity index (χ2n) is 6.36. The zero-order valence-electron chi connectivity index (χ0n) is 14.3. The number of fused-ring (bicyclic) bond motifs is 1. The van der Waals surface area contributed by atoms with Crippen molar-refractivity contribution in [2.75, 3.05) is 39.9 Å². The number of ether oxygens (including phenoxy) is 1. The molecule has 124 valence electrons. The van der Waals surface area contributed by atoms with E-state index in [9.17, 15) is 0 Å². The fraction of sp³-hybridized carbons (Fsp3) is 0.556. The van der Waals surface area contributed by atoms with Gasteiger partial charge >= 0.3 is 0 Å². The molecule has 0 N–H and O–H groups in total. The highest BCUT2D eigenvalue weighted by Gasteiger charge is 2.23. The highest BCUT2D eigenvalue weighted by Crippen LogP contribution is 2.16. The second-order valence-corrected chi connectivity index (χ2v) is 6.36. The molecule has 1 fully saturated rings. The van der Waals surface area contributed by atoms with E-state index in [-0.39, 0.29) is 0 Å². The van der Waals surface area contributed by atoms with Crippen LogP contribution >= 0.6 is 0 Å². The lowest BCUT2D eigenvalue weighted by atomic mass is 10.2. The quantitative estimate of drug-likeness (QED) is 0.845. The molecule has 0 spiro atoms. The number of nitrogens with zero attached hydrogens (tertiary/aromatic N) is 4. The Hall–Kier alpha value is -1.56. The lowest BCUT2D eigenvalue weighted by molar-refractivity contribution is 0.0547. The van der Waals surface area contributed by atoms with Crippen LogP contribution in [0.3, 0.4) is 0 Å². The summed E-state index contributed by atoms with van der Waals surface area (Å²) in [5, 5.41) is 1.15. The molecule has 1 aromatic carbocycles. The largest absolute Gasteiger partial charge is 0.383 e. The average molecular weight is 314 g/mol. The first-order chi connectivity index (χ1) is 11.2. The molecule has 1 atom stereocenters. The third-order valence-corrected chi connectivity index (χ3v) is 4.64. The Bertz CT molecular complexity index is 661. The van der Waals surface area contributed by atoms with Gasteiger partial charge in [0.15, 0.2) is 0 Å². The maximum Gasteiger partial charge on any atom is 0.143 e. The van der Waals surface area contributed by atoms with Crippen LogP contribution in [0.2, 0.25) is 0 Å². The number of piperazine rings is 1. The SMILES string of the molecule is COCCN1CCN(Cc2nc(C)c3ccccc3n2)C[C@@H]1C. The van der Waals surface area contributed by atoms with Crippen molar-refractivity contribution in [2.45, 2.75) is 26.4 Å². The zero-order valence-corrected chi connectivity index (χ0v) is 14.3. The molecule has 2 heterocycles. The van der Waals surface area contributed by atoms with Crippen molar-refractivity contribution in [1.29, 1.82) is 0 Å². The van der Waals surface area contributed by atoms with E-state index in [1.807, 2.05) is 12.1 Å². The molecule has 1 saturated heterocycles. The molecule has 5 nitrogen and oxygen atoms in total. The molecular formula is C18H26N4O. The first-order valence-corrected chi connectivity index (χ1v) is 8.35. The summed E-state index contributed by atoms with van der Waals surface area (Å²) in [7, 11) is 1.76. The van der Waals surface area contributed by atoms with Crippen molar-refractivity contribution < 1.29 is 4.74 Å². The van der Waals surface area contributed by atoms with Gasteiger partial charge in [-0.3, -0.25) is 9.80 Å². The second kappa shape index (κ2) is 7.34. The van der Waals surface area contributed by atoms with Gasteiger partial charge in [0.1, 0.15) is 5.82 Å². The summed E-state index contributed by atoms with van der Waals surface area (Å²) in [6.07, 6.45) is 0. The minimum absolute atomic E-state index is 0.542. The minimum Gasteiger partial charge on any atom is -0.383 e. The van der Waals surface area contributed by atoms with Gasteiger partial charge in [0.05, 0.1) is 18.7 Å². The Labute approximate surface area is 138 Å². The summed E-state index contributed by atoms with van der Waals surface area (Å²) < 4.78 is 5.19. The van der Waals surface area contributed by atoms with Crippen LogP contribution in [0.25, 0.3) is 10.9 Å². The molecule has 3 rings (SSSR count). The average Bonchev–Trinajstić information content (AvgIpc) is 2.54. The van der Waals surface area contributed by atoms with Crippen molar-refractivity contribution >= 4 is 10.9 Å². The van der Waals surface area contributed by atoms with E-state index in [1.54, 1.807) is 7.11 Å². The molecule has 0 unspecified atom stereocenters.